The highest BCUT2D eigenvalue weighted by Gasteiger charge is 2.20. The van der Waals surface area contributed by atoms with Crippen LogP contribution in [0, 0.1) is 6.92 Å². The Balaban J connectivity index is 2.29. The van der Waals surface area contributed by atoms with Gasteiger partial charge in [-0.3, -0.25) is 9.67 Å². The highest BCUT2D eigenvalue weighted by atomic mass is 79.9. The third kappa shape index (κ3) is 3.20. The molecule has 0 spiro atoms. The average molecular weight is 326 g/mol. The van der Waals surface area contributed by atoms with Gasteiger partial charge in [-0.05, 0) is 34.5 Å². The summed E-state index contributed by atoms with van der Waals surface area (Å²) in [6, 6.07) is 3.75. The van der Waals surface area contributed by atoms with Crippen molar-refractivity contribution in [2.75, 3.05) is 13.7 Å². The third-order valence-corrected chi connectivity index (χ3v) is 3.42. The van der Waals surface area contributed by atoms with E-state index in [1.807, 2.05) is 19.1 Å². The van der Waals surface area contributed by atoms with Crippen LogP contribution in [0.5, 0.6) is 0 Å². The smallest absolute Gasteiger partial charge is 0.139 e. The van der Waals surface area contributed by atoms with Gasteiger partial charge in [0.25, 0.3) is 0 Å². The van der Waals surface area contributed by atoms with Crippen molar-refractivity contribution in [2.24, 2.45) is 0 Å². The van der Waals surface area contributed by atoms with E-state index >= 15 is 0 Å². The second kappa shape index (κ2) is 6.27. The summed E-state index contributed by atoms with van der Waals surface area (Å²) >= 11 is 3.41. The second-order valence-electron chi connectivity index (χ2n) is 4.26. The molecule has 0 radical (unpaired) electrons. The summed E-state index contributed by atoms with van der Waals surface area (Å²) < 4.78 is 7.52. The Labute approximate surface area is 120 Å². The minimum atomic E-state index is -0.811. The zero-order valence-corrected chi connectivity index (χ0v) is 12.5. The zero-order valence-electron chi connectivity index (χ0n) is 10.9. The summed E-state index contributed by atoms with van der Waals surface area (Å²) in [6.07, 6.45) is 2.60. The molecule has 6 heteroatoms. The van der Waals surface area contributed by atoms with Crippen molar-refractivity contribution in [1.29, 1.82) is 0 Å². The molecule has 0 saturated carbocycles. The summed E-state index contributed by atoms with van der Waals surface area (Å²) in [5.74, 6) is 0. The molecule has 0 aliphatic carbocycles. The lowest BCUT2D eigenvalue weighted by Gasteiger charge is -2.14. The summed E-state index contributed by atoms with van der Waals surface area (Å²) in [5, 5.41) is 14.7. The fourth-order valence-corrected chi connectivity index (χ4v) is 2.29. The Morgan fingerprint density at radius 3 is 2.84 bits per heavy atom. The van der Waals surface area contributed by atoms with Crippen LogP contribution in [0.4, 0.5) is 0 Å². The van der Waals surface area contributed by atoms with Gasteiger partial charge in [-0.25, -0.2) is 0 Å². The first-order valence-corrected chi connectivity index (χ1v) is 6.73. The first kappa shape index (κ1) is 14.2. The SMILES string of the molecule is COCCn1ncc(Br)c1C(O)c1ccc(C)cn1. The first-order valence-electron chi connectivity index (χ1n) is 5.94. The van der Waals surface area contributed by atoms with Crippen LogP contribution in [0.2, 0.25) is 0 Å². The zero-order chi connectivity index (χ0) is 13.8. The van der Waals surface area contributed by atoms with E-state index in [0.29, 0.717) is 24.5 Å². The number of aliphatic hydroxyl groups excluding tert-OH is 1. The average Bonchev–Trinajstić information content (AvgIpc) is 2.77. The van der Waals surface area contributed by atoms with E-state index in [-0.39, 0.29) is 0 Å². The van der Waals surface area contributed by atoms with Gasteiger partial charge in [0.2, 0.25) is 0 Å². The van der Waals surface area contributed by atoms with E-state index in [4.69, 9.17) is 4.74 Å². The normalized spacial score (nSPS) is 12.6. The predicted molar refractivity (Wildman–Crippen MR) is 74.8 cm³/mol. The van der Waals surface area contributed by atoms with Gasteiger partial charge in [0.1, 0.15) is 6.10 Å². The molecule has 2 heterocycles. The van der Waals surface area contributed by atoms with Crippen LogP contribution in [0.3, 0.4) is 0 Å². The molecular weight excluding hydrogens is 310 g/mol. The number of aliphatic hydroxyl groups is 1. The molecule has 0 fully saturated rings. The van der Waals surface area contributed by atoms with Crippen molar-refractivity contribution in [3.05, 3.63) is 46.0 Å². The highest BCUT2D eigenvalue weighted by Crippen LogP contribution is 2.27. The summed E-state index contributed by atoms with van der Waals surface area (Å²) in [5.41, 5.74) is 2.35. The molecule has 102 valence electrons. The van der Waals surface area contributed by atoms with Gasteiger partial charge in [-0.1, -0.05) is 6.07 Å². The van der Waals surface area contributed by atoms with Crippen molar-refractivity contribution in [3.8, 4) is 0 Å². The molecule has 0 aromatic carbocycles. The molecule has 0 saturated heterocycles. The van der Waals surface area contributed by atoms with E-state index in [0.717, 1.165) is 10.0 Å². The standard InChI is InChI=1S/C13H16BrN3O2/c1-9-3-4-11(15-7-9)13(18)12-10(14)8-16-17(12)5-6-19-2/h3-4,7-8,13,18H,5-6H2,1-2H3. The third-order valence-electron chi connectivity index (χ3n) is 2.81. The Hall–Kier alpha value is -1.24. The molecular formula is C13H16BrN3O2. The molecule has 2 rings (SSSR count). The van der Waals surface area contributed by atoms with Crippen LogP contribution >= 0.6 is 15.9 Å². The number of hydrogen-bond acceptors (Lipinski definition) is 4. The molecule has 1 atom stereocenters. The largest absolute Gasteiger partial charge is 0.383 e. The van der Waals surface area contributed by atoms with Crippen LogP contribution in [-0.2, 0) is 11.3 Å². The van der Waals surface area contributed by atoms with E-state index in [1.165, 1.54) is 0 Å². The first-order chi connectivity index (χ1) is 9.13. The molecule has 1 N–H and O–H groups in total. The Morgan fingerprint density at radius 1 is 1.42 bits per heavy atom. The molecule has 0 aliphatic heterocycles. The van der Waals surface area contributed by atoms with Gasteiger partial charge < -0.3 is 9.84 Å². The Morgan fingerprint density at radius 2 is 2.21 bits per heavy atom. The van der Waals surface area contributed by atoms with Gasteiger partial charge in [-0.2, -0.15) is 5.10 Å². The minimum absolute atomic E-state index is 0.537. The van der Waals surface area contributed by atoms with E-state index < -0.39 is 6.10 Å². The maximum absolute atomic E-state index is 10.4. The maximum Gasteiger partial charge on any atom is 0.139 e. The Kier molecular flexibility index (Phi) is 4.68. The number of aryl methyl sites for hydroxylation is 1. The summed E-state index contributed by atoms with van der Waals surface area (Å²) in [4.78, 5) is 4.25. The second-order valence-corrected chi connectivity index (χ2v) is 5.11. The number of hydrogen-bond donors (Lipinski definition) is 1. The predicted octanol–water partition coefficient (Wildman–Crippen LogP) is 2.08. The molecule has 2 aromatic rings. The van der Waals surface area contributed by atoms with Crippen molar-refractivity contribution < 1.29 is 9.84 Å². The molecule has 2 aromatic heterocycles. The van der Waals surface area contributed by atoms with Crippen molar-refractivity contribution in [2.45, 2.75) is 19.6 Å². The lowest BCUT2D eigenvalue weighted by molar-refractivity contribution is 0.169. The molecule has 0 amide bonds. The van der Waals surface area contributed by atoms with Gasteiger partial charge in [0.15, 0.2) is 0 Å². The van der Waals surface area contributed by atoms with E-state index in [1.54, 1.807) is 24.2 Å². The van der Waals surface area contributed by atoms with Crippen molar-refractivity contribution in [1.82, 2.24) is 14.8 Å². The Bertz CT molecular complexity index is 539. The fraction of sp³-hybridized carbons (Fsp3) is 0.385. The van der Waals surface area contributed by atoms with Gasteiger partial charge in [0, 0.05) is 13.3 Å². The number of rotatable bonds is 5. The highest BCUT2D eigenvalue weighted by molar-refractivity contribution is 9.10. The molecule has 1 unspecified atom stereocenters. The van der Waals surface area contributed by atoms with Crippen LogP contribution in [0.1, 0.15) is 23.1 Å². The number of ether oxygens (including phenoxy) is 1. The van der Waals surface area contributed by atoms with E-state index in [2.05, 4.69) is 26.0 Å². The molecule has 5 nitrogen and oxygen atoms in total. The summed E-state index contributed by atoms with van der Waals surface area (Å²) in [7, 11) is 1.64. The number of nitrogens with zero attached hydrogens (tertiary/aromatic N) is 3. The number of halogens is 1. The number of pyridine rings is 1. The summed E-state index contributed by atoms with van der Waals surface area (Å²) in [6.45, 7) is 3.08. The number of methoxy groups -OCH3 is 1. The topological polar surface area (TPSA) is 60.2 Å². The monoisotopic (exact) mass is 325 g/mol. The van der Waals surface area contributed by atoms with Gasteiger partial charge in [-0.15, -0.1) is 0 Å². The van der Waals surface area contributed by atoms with Crippen molar-refractivity contribution >= 4 is 15.9 Å². The quantitative estimate of drug-likeness (QED) is 0.914. The van der Waals surface area contributed by atoms with E-state index in [9.17, 15) is 5.11 Å². The van der Waals surface area contributed by atoms with Crippen LogP contribution in [0.25, 0.3) is 0 Å². The van der Waals surface area contributed by atoms with Gasteiger partial charge >= 0.3 is 0 Å². The van der Waals surface area contributed by atoms with Gasteiger partial charge in [0.05, 0.1) is 35.2 Å². The minimum Gasteiger partial charge on any atom is -0.383 e. The fourth-order valence-electron chi connectivity index (χ4n) is 1.78. The van der Waals surface area contributed by atoms with Crippen LogP contribution < -0.4 is 0 Å². The molecule has 19 heavy (non-hydrogen) atoms. The van der Waals surface area contributed by atoms with Crippen molar-refractivity contribution in [3.63, 3.8) is 0 Å². The lowest BCUT2D eigenvalue weighted by Crippen LogP contribution is -2.14. The van der Waals surface area contributed by atoms with Crippen LogP contribution in [-0.4, -0.2) is 33.6 Å². The van der Waals surface area contributed by atoms with Crippen LogP contribution in [0.15, 0.2) is 29.0 Å². The molecule has 0 aliphatic rings. The maximum atomic E-state index is 10.4. The lowest BCUT2D eigenvalue weighted by atomic mass is 10.1. The number of aromatic nitrogens is 3. The molecule has 0 bridgehead atoms.